The third-order valence-electron chi connectivity index (χ3n) is 4.05. The van der Waals surface area contributed by atoms with E-state index in [4.69, 9.17) is 4.74 Å². The Morgan fingerprint density at radius 2 is 2.11 bits per heavy atom. The Labute approximate surface area is 110 Å². The van der Waals surface area contributed by atoms with Crippen molar-refractivity contribution < 1.29 is 22.7 Å². The maximum absolute atomic E-state index is 13.0. The van der Waals surface area contributed by atoms with Crippen molar-refractivity contribution in [3.05, 3.63) is 0 Å². The van der Waals surface area contributed by atoms with Crippen molar-refractivity contribution in [2.75, 3.05) is 26.2 Å². The fourth-order valence-electron chi connectivity index (χ4n) is 2.94. The number of nitrogens with one attached hydrogen (secondary N) is 1. The highest BCUT2D eigenvalue weighted by Crippen LogP contribution is 2.44. The zero-order chi connectivity index (χ0) is 14.3. The molecule has 0 bridgehead atoms. The molecule has 19 heavy (non-hydrogen) atoms. The fraction of sp³-hybridized carbons (Fsp3) is 0.917. The van der Waals surface area contributed by atoms with E-state index in [-0.39, 0.29) is 18.9 Å². The Hall–Kier alpha value is -0.820. The van der Waals surface area contributed by atoms with Crippen molar-refractivity contribution in [3.63, 3.8) is 0 Å². The van der Waals surface area contributed by atoms with Gasteiger partial charge in [-0.2, -0.15) is 13.2 Å². The summed E-state index contributed by atoms with van der Waals surface area (Å²) in [5.41, 5.74) is -1.21. The molecule has 2 aliphatic rings. The minimum absolute atomic E-state index is 0.0393. The van der Waals surface area contributed by atoms with Gasteiger partial charge in [0.05, 0.1) is 12.5 Å². The van der Waals surface area contributed by atoms with E-state index in [0.717, 1.165) is 0 Å². The zero-order valence-corrected chi connectivity index (χ0v) is 11.1. The molecular weight excluding hydrogens is 261 g/mol. The van der Waals surface area contributed by atoms with Gasteiger partial charge in [0, 0.05) is 25.2 Å². The van der Waals surface area contributed by atoms with Gasteiger partial charge < -0.3 is 15.0 Å². The number of ether oxygens (including phenoxy) is 1. The average Bonchev–Trinajstić information content (AvgIpc) is 2.64. The molecular formula is C12H19F3N2O2. The summed E-state index contributed by atoms with van der Waals surface area (Å²) in [4.78, 5) is 13.6. The minimum atomic E-state index is -4.27. The van der Waals surface area contributed by atoms with Gasteiger partial charge in [-0.25, -0.2) is 0 Å². The van der Waals surface area contributed by atoms with Crippen LogP contribution in [0.3, 0.4) is 0 Å². The molecule has 110 valence electrons. The lowest BCUT2D eigenvalue weighted by molar-refractivity contribution is -0.193. The summed E-state index contributed by atoms with van der Waals surface area (Å²) in [5, 5.41) is 3.01. The van der Waals surface area contributed by atoms with E-state index >= 15 is 0 Å². The molecule has 2 aliphatic heterocycles. The molecule has 0 aromatic carbocycles. The highest BCUT2D eigenvalue weighted by atomic mass is 19.4. The summed E-state index contributed by atoms with van der Waals surface area (Å²) in [6.07, 6.45) is -4.98. The number of hydrogen-bond acceptors (Lipinski definition) is 3. The molecule has 2 atom stereocenters. The van der Waals surface area contributed by atoms with E-state index < -0.39 is 23.7 Å². The first-order valence-corrected chi connectivity index (χ1v) is 6.45. The molecule has 0 aromatic heterocycles. The van der Waals surface area contributed by atoms with Gasteiger partial charge in [0.25, 0.3) is 5.91 Å². The summed E-state index contributed by atoms with van der Waals surface area (Å²) in [6.45, 7) is 4.53. The van der Waals surface area contributed by atoms with Crippen LogP contribution in [0.4, 0.5) is 13.2 Å². The number of halogens is 3. The number of carbonyl (C=O) groups excluding carboxylic acids is 1. The molecule has 0 spiro atoms. The molecule has 7 heteroatoms. The Bertz CT molecular complexity index is 351. The van der Waals surface area contributed by atoms with Crippen LogP contribution < -0.4 is 5.32 Å². The second-order valence-corrected chi connectivity index (χ2v) is 5.59. The van der Waals surface area contributed by atoms with Gasteiger partial charge in [0.1, 0.15) is 6.10 Å². The van der Waals surface area contributed by atoms with Gasteiger partial charge in [-0.15, -0.1) is 0 Å². The lowest BCUT2D eigenvalue weighted by atomic mass is 9.87. The number of likely N-dealkylation sites (tertiary alicyclic amines) is 1. The number of amides is 1. The van der Waals surface area contributed by atoms with Gasteiger partial charge in [-0.3, -0.25) is 4.79 Å². The highest BCUT2D eigenvalue weighted by Gasteiger charge is 2.56. The zero-order valence-electron chi connectivity index (χ0n) is 11.1. The predicted octanol–water partition coefficient (Wildman–Crippen LogP) is 1.16. The summed E-state index contributed by atoms with van der Waals surface area (Å²) >= 11 is 0. The first-order chi connectivity index (χ1) is 8.74. The Kier molecular flexibility index (Phi) is 3.79. The van der Waals surface area contributed by atoms with Crippen LogP contribution in [0.25, 0.3) is 0 Å². The van der Waals surface area contributed by atoms with Crippen LogP contribution >= 0.6 is 0 Å². The molecule has 2 heterocycles. The quantitative estimate of drug-likeness (QED) is 0.784. The molecule has 1 amide bonds. The van der Waals surface area contributed by atoms with E-state index in [1.165, 1.54) is 18.7 Å². The van der Waals surface area contributed by atoms with Crippen molar-refractivity contribution >= 4 is 5.91 Å². The SMILES string of the molecule is CC1(C)C(C(F)(F)F)CCN1C(=O)C1CNCCO1. The molecule has 2 unspecified atom stereocenters. The smallest absolute Gasteiger partial charge is 0.366 e. The first-order valence-electron chi connectivity index (χ1n) is 6.45. The van der Waals surface area contributed by atoms with Crippen molar-refractivity contribution in [1.82, 2.24) is 10.2 Å². The molecule has 0 radical (unpaired) electrons. The first kappa shape index (κ1) is 14.6. The van der Waals surface area contributed by atoms with E-state index in [2.05, 4.69) is 5.32 Å². The van der Waals surface area contributed by atoms with Crippen molar-refractivity contribution in [3.8, 4) is 0 Å². The summed E-state index contributed by atoms with van der Waals surface area (Å²) in [7, 11) is 0. The van der Waals surface area contributed by atoms with E-state index in [0.29, 0.717) is 19.7 Å². The molecule has 0 saturated carbocycles. The van der Waals surface area contributed by atoms with E-state index in [1.54, 1.807) is 0 Å². The van der Waals surface area contributed by atoms with Crippen LogP contribution in [-0.4, -0.2) is 54.9 Å². The maximum Gasteiger partial charge on any atom is 0.394 e. The molecule has 4 nitrogen and oxygen atoms in total. The largest absolute Gasteiger partial charge is 0.394 e. The van der Waals surface area contributed by atoms with Gasteiger partial charge >= 0.3 is 6.18 Å². The summed E-state index contributed by atoms with van der Waals surface area (Å²) in [5.74, 6) is -1.82. The number of alkyl halides is 3. The van der Waals surface area contributed by atoms with Gasteiger partial charge in [-0.05, 0) is 20.3 Å². The van der Waals surface area contributed by atoms with Crippen LogP contribution in [0.1, 0.15) is 20.3 Å². The Balaban J connectivity index is 2.11. The van der Waals surface area contributed by atoms with E-state index in [1.807, 2.05) is 0 Å². The summed E-state index contributed by atoms with van der Waals surface area (Å²) in [6, 6.07) is 0. The second kappa shape index (κ2) is 4.94. The van der Waals surface area contributed by atoms with Crippen molar-refractivity contribution in [2.45, 2.75) is 38.1 Å². The summed E-state index contributed by atoms with van der Waals surface area (Å²) < 4.78 is 44.2. The monoisotopic (exact) mass is 280 g/mol. The van der Waals surface area contributed by atoms with Crippen LogP contribution in [-0.2, 0) is 9.53 Å². The van der Waals surface area contributed by atoms with Crippen LogP contribution in [0.15, 0.2) is 0 Å². The topological polar surface area (TPSA) is 41.6 Å². The molecule has 1 N–H and O–H groups in total. The van der Waals surface area contributed by atoms with Crippen molar-refractivity contribution in [2.24, 2.45) is 5.92 Å². The van der Waals surface area contributed by atoms with Crippen LogP contribution in [0, 0.1) is 5.92 Å². The van der Waals surface area contributed by atoms with Crippen LogP contribution in [0.2, 0.25) is 0 Å². The standard InChI is InChI=1S/C12H19F3N2O2/c1-11(2)9(12(13,14)15)3-5-17(11)10(18)8-7-16-4-6-19-8/h8-9,16H,3-7H2,1-2H3. The maximum atomic E-state index is 13.0. The second-order valence-electron chi connectivity index (χ2n) is 5.59. The van der Waals surface area contributed by atoms with Gasteiger partial charge in [0.15, 0.2) is 0 Å². The Morgan fingerprint density at radius 1 is 1.42 bits per heavy atom. The molecule has 0 aromatic rings. The average molecular weight is 280 g/mol. The van der Waals surface area contributed by atoms with Gasteiger partial charge in [-0.1, -0.05) is 0 Å². The minimum Gasteiger partial charge on any atom is -0.366 e. The fourth-order valence-corrected chi connectivity index (χ4v) is 2.94. The molecule has 2 saturated heterocycles. The predicted molar refractivity (Wildman–Crippen MR) is 62.6 cm³/mol. The third-order valence-corrected chi connectivity index (χ3v) is 4.05. The van der Waals surface area contributed by atoms with Crippen molar-refractivity contribution in [1.29, 1.82) is 0 Å². The number of carbonyl (C=O) groups is 1. The number of hydrogen-bond donors (Lipinski definition) is 1. The molecule has 2 fully saturated rings. The number of morpholine rings is 1. The molecule has 0 aliphatic carbocycles. The number of nitrogens with zero attached hydrogens (tertiary/aromatic N) is 1. The Morgan fingerprint density at radius 3 is 2.58 bits per heavy atom. The van der Waals surface area contributed by atoms with Crippen LogP contribution in [0.5, 0.6) is 0 Å². The lowest BCUT2D eigenvalue weighted by Gasteiger charge is -2.39. The normalized spacial score (nSPS) is 31.5. The highest BCUT2D eigenvalue weighted by molar-refractivity contribution is 5.82. The third kappa shape index (κ3) is 2.72. The van der Waals surface area contributed by atoms with Gasteiger partial charge in [0.2, 0.25) is 0 Å². The lowest BCUT2D eigenvalue weighted by Crippen LogP contribution is -2.56. The molecule has 2 rings (SSSR count). The van der Waals surface area contributed by atoms with E-state index in [9.17, 15) is 18.0 Å². The number of rotatable bonds is 1.